The van der Waals surface area contributed by atoms with Gasteiger partial charge >= 0.3 is 0 Å². The molecule has 1 N–H and O–H groups in total. The third-order valence-corrected chi connectivity index (χ3v) is 6.33. The van der Waals surface area contributed by atoms with Crippen molar-refractivity contribution >= 4 is 11.8 Å². The van der Waals surface area contributed by atoms with Crippen LogP contribution >= 0.6 is 0 Å². The van der Waals surface area contributed by atoms with Crippen LogP contribution in [0.15, 0.2) is 72.9 Å². The van der Waals surface area contributed by atoms with Crippen molar-refractivity contribution in [3.63, 3.8) is 0 Å². The lowest BCUT2D eigenvalue weighted by Crippen LogP contribution is -2.62. The number of nitrogens with zero attached hydrogens (tertiary/aromatic N) is 1. The second-order valence-corrected chi connectivity index (χ2v) is 8.13. The summed E-state index contributed by atoms with van der Waals surface area (Å²) in [6.07, 6.45) is 9.56. The van der Waals surface area contributed by atoms with Crippen LogP contribution in [0.2, 0.25) is 0 Å². The van der Waals surface area contributed by atoms with Gasteiger partial charge < -0.3 is 10.2 Å². The Morgan fingerprint density at radius 1 is 0.966 bits per heavy atom. The molecule has 0 saturated heterocycles. The Kier molecular flexibility index (Phi) is 5.52. The first-order valence-electron chi connectivity index (χ1n) is 10.6. The maximum atomic E-state index is 14.0. The fourth-order valence-corrected chi connectivity index (χ4v) is 4.65. The number of hydrogen-bond acceptors (Lipinski definition) is 2. The zero-order chi connectivity index (χ0) is 20.3. The lowest BCUT2D eigenvalue weighted by Gasteiger charge is -2.46. The zero-order valence-corrected chi connectivity index (χ0v) is 16.9. The Hall–Kier alpha value is -2.88. The molecule has 2 aromatic rings. The number of nitrogens with one attached hydrogen (secondary N) is 1. The first-order valence-corrected chi connectivity index (χ1v) is 10.6. The highest BCUT2D eigenvalue weighted by Gasteiger charge is 2.50. The van der Waals surface area contributed by atoms with Crippen LogP contribution in [0.4, 0.5) is 0 Å². The fraction of sp³-hybridized carbons (Fsp3) is 0.360. The minimum absolute atomic E-state index is 0.0325. The van der Waals surface area contributed by atoms with Gasteiger partial charge in [-0.1, -0.05) is 80.8 Å². The molecule has 1 fully saturated rings. The van der Waals surface area contributed by atoms with Gasteiger partial charge in [-0.2, -0.15) is 0 Å². The Labute approximate surface area is 172 Å². The van der Waals surface area contributed by atoms with E-state index in [1.165, 1.54) is 6.42 Å². The molecule has 0 bridgehead atoms. The average Bonchev–Trinajstić information content (AvgIpc) is 2.78. The third kappa shape index (κ3) is 3.59. The van der Waals surface area contributed by atoms with Crippen molar-refractivity contribution < 1.29 is 9.59 Å². The molecule has 29 heavy (non-hydrogen) atoms. The molecule has 0 spiro atoms. The van der Waals surface area contributed by atoms with Gasteiger partial charge in [-0.15, -0.1) is 0 Å². The van der Waals surface area contributed by atoms with Gasteiger partial charge in [-0.05, 0) is 30.5 Å². The molecule has 1 saturated carbocycles. The molecule has 4 heteroatoms. The van der Waals surface area contributed by atoms with E-state index in [2.05, 4.69) is 11.4 Å². The molecule has 2 aliphatic rings. The number of carbonyl (C=O) groups excluding carboxylic acids is 2. The van der Waals surface area contributed by atoms with Gasteiger partial charge in [0.25, 0.3) is 11.8 Å². The standard InChI is InChI=1S/C25H28N2O2/c1-19-17-18-27(22-15-9-4-10-16-22)24(29)25(19,21-13-7-3-8-14-21)26-23(28)20-11-5-2-6-12-20/h2-3,5-8,11-14,17-19,22H,4,9-10,15-16H2,1H3,(H,26,28). The van der Waals surface area contributed by atoms with E-state index >= 15 is 0 Å². The Balaban J connectivity index is 1.76. The number of amides is 2. The van der Waals surface area contributed by atoms with Crippen LogP contribution in [0.25, 0.3) is 0 Å². The number of benzene rings is 2. The largest absolute Gasteiger partial charge is 0.333 e. The van der Waals surface area contributed by atoms with E-state index < -0.39 is 5.54 Å². The molecule has 1 aliphatic carbocycles. The lowest BCUT2D eigenvalue weighted by molar-refractivity contribution is -0.141. The SMILES string of the molecule is CC1C=CN(C2CCCCC2)C(=O)C1(NC(=O)c1ccccc1)c1ccccc1. The summed E-state index contributed by atoms with van der Waals surface area (Å²) in [4.78, 5) is 29.0. The molecule has 2 aromatic carbocycles. The fourth-order valence-electron chi connectivity index (χ4n) is 4.65. The summed E-state index contributed by atoms with van der Waals surface area (Å²) in [7, 11) is 0. The lowest BCUT2D eigenvalue weighted by atomic mass is 9.74. The molecule has 0 radical (unpaired) electrons. The van der Waals surface area contributed by atoms with Gasteiger partial charge in [0.05, 0.1) is 0 Å². The normalized spacial score (nSPS) is 25.1. The Bertz CT molecular complexity index is 888. The molecule has 0 aromatic heterocycles. The second kappa shape index (κ2) is 8.24. The van der Waals surface area contributed by atoms with Crippen molar-refractivity contribution in [2.24, 2.45) is 5.92 Å². The van der Waals surface area contributed by atoms with E-state index in [4.69, 9.17) is 0 Å². The monoisotopic (exact) mass is 388 g/mol. The van der Waals surface area contributed by atoms with Crippen LogP contribution in [-0.2, 0) is 10.3 Å². The average molecular weight is 389 g/mol. The van der Waals surface area contributed by atoms with Crippen molar-refractivity contribution in [1.82, 2.24) is 10.2 Å². The van der Waals surface area contributed by atoms with E-state index in [-0.39, 0.29) is 23.8 Å². The Morgan fingerprint density at radius 3 is 2.24 bits per heavy atom. The topological polar surface area (TPSA) is 49.4 Å². The molecule has 4 rings (SSSR count). The van der Waals surface area contributed by atoms with Crippen LogP contribution < -0.4 is 5.32 Å². The maximum absolute atomic E-state index is 14.0. The molecule has 2 atom stereocenters. The third-order valence-electron chi connectivity index (χ3n) is 6.33. The summed E-state index contributed by atoms with van der Waals surface area (Å²) in [5.41, 5.74) is 0.272. The van der Waals surface area contributed by atoms with Gasteiger partial charge in [0.2, 0.25) is 0 Å². The van der Waals surface area contributed by atoms with Gasteiger partial charge in [0, 0.05) is 23.7 Å². The van der Waals surface area contributed by atoms with Gasteiger partial charge in [0.1, 0.15) is 0 Å². The summed E-state index contributed by atoms with van der Waals surface area (Å²) in [6, 6.07) is 19.0. The second-order valence-electron chi connectivity index (χ2n) is 8.13. The van der Waals surface area contributed by atoms with E-state index in [9.17, 15) is 9.59 Å². The van der Waals surface area contributed by atoms with Crippen LogP contribution in [0.3, 0.4) is 0 Å². The highest BCUT2D eigenvalue weighted by atomic mass is 16.2. The quantitative estimate of drug-likeness (QED) is 0.830. The molecular weight excluding hydrogens is 360 g/mol. The Morgan fingerprint density at radius 2 is 1.59 bits per heavy atom. The number of carbonyl (C=O) groups is 2. The first kappa shape index (κ1) is 19.4. The highest BCUT2D eigenvalue weighted by molar-refractivity contribution is 6.00. The number of hydrogen-bond donors (Lipinski definition) is 1. The molecule has 4 nitrogen and oxygen atoms in total. The predicted octanol–water partition coefficient (Wildman–Crippen LogP) is 4.64. The van der Waals surface area contributed by atoms with Crippen molar-refractivity contribution in [1.29, 1.82) is 0 Å². The van der Waals surface area contributed by atoms with Crippen molar-refractivity contribution in [2.45, 2.75) is 50.6 Å². The van der Waals surface area contributed by atoms with E-state index in [0.717, 1.165) is 31.2 Å². The minimum atomic E-state index is -1.11. The maximum Gasteiger partial charge on any atom is 0.257 e. The van der Waals surface area contributed by atoms with E-state index in [1.54, 1.807) is 12.1 Å². The summed E-state index contributed by atoms with van der Waals surface area (Å²) in [5, 5.41) is 3.15. The van der Waals surface area contributed by atoms with Crippen LogP contribution in [0, 0.1) is 5.92 Å². The van der Waals surface area contributed by atoms with Gasteiger partial charge in [-0.3, -0.25) is 9.59 Å². The smallest absolute Gasteiger partial charge is 0.257 e. The molecule has 2 amide bonds. The van der Waals surface area contributed by atoms with Crippen LogP contribution in [0.1, 0.15) is 54.9 Å². The summed E-state index contributed by atoms with van der Waals surface area (Å²) >= 11 is 0. The number of rotatable bonds is 4. The first-order chi connectivity index (χ1) is 14.1. The predicted molar refractivity (Wildman–Crippen MR) is 114 cm³/mol. The van der Waals surface area contributed by atoms with E-state index in [0.29, 0.717) is 5.56 Å². The minimum Gasteiger partial charge on any atom is -0.333 e. The van der Waals surface area contributed by atoms with E-state index in [1.807, 2.05) is 66.6 Å². The van der Waals surface area contributed by atoms with Crippen molar-refractivity contribution in [2.75, 3.05) is 0 Å². The van der Waals surface area contributed by atoms with Gasteiger partial charge in [0.15, 0.2) is 5.54 Å². The molecule has 2 unspecified atom stereocenters. The van der Waals surface area contributed by atoms with Crippen molar-refractivity contribution in [3.8, 4) is 0 Å². The molecule has 1 aliphatic heterocycles. The molecule has 1 heterocycles. The van der Waals surface area contributed by atoms with Crippen molar-refractivity contribution in [3.05, 3.63) is 84.1 Å². The van der Waals surface area contributed by atoms with Gasteiger partial charge in [-0.25, -0.2) is 0 Å². The summed E-state index contributed by atoms with van der Waals surface area (Å²) in [5.74, 6) is -0.423. The molecule has 150 valence electrons. The zero-order valence-electron chi connectivity index (χ0n) is 16.9. The highest BCUT2D eigenvalue weighted by Crippen LogP contribution is 2.39. The molecular formula is C25H28N2O2. The van der Waals surface area contributed by atoms with Crippen LogP contribution in [0.5, 0.6) is 0 Å². The summed E-state index contributed by atoms with van der Waals surface area (Å²) in [6.45, 7) is 2.00. The van der Waals surface area contributed by atoms with Crippen LogP contribution in [-0.4, -0.2) is 22.8 Å². The summed E-state index contributed by atoms with van der Waals surface area (Å²) < 4.78 is 0.